The molecule has 0 saturated carbocycles. The second kappa shape index (κ2) is 8.65. The molecule has 0 aromatic rings. The van der Waals surface area contributed by atoms with Gasteiger partial charge in [-0.25, -0.2) is 0 Å². The zero-order valence-electron chi connectivity index (χ0n) is 11.9. The van der Waals surface area contributed by atoms with E-state index in [1.54, 1.807) is 0 Å². The van der Waals surface area contributed by atoms with E-state index < -0.39 is 6.04 Å². The number of carbonyl (C=O) groups is 3. The second-order valence-electron chi connectivity index (χ2n) is 5.03. The topological polar surface area (TPSA) is 113 Å². The van der Waals surface area contributed by atoms with E-state index in [2.05, 4.69) is 16.0 Å². The fourth-order valence-electron chi connectivity index (χ4n) is 2.16. The third-order valence-corrected chi connectivity index (χ3v) is 3.33. The van der Waals surface area contributed by atoms with Gasteiger partial charge in [0, 0.05) is 0 Å². The van der Waals surface area contributed by atoms with Crippen LogP contribution in [0.15, 0.2) is 0 Å². The van der Waals surface area contributed by atoms with Gasteiger partial charge in [0.1, 0.15) is 0 Å². The monoisotopic (exact) mass is 284 g/mol. The molecule has 0 spiro atoms. The molecular weight excluding hydrogens is 260 g/mol. The molecule has 20 heavy (non-hydrogen) atoms. The summed E-state index contributed by atoms with van der Waals surface area (Å²) in [5.74, 6) is -0.676. The maximum atomic E-state index is 11.8. The Morgan fingerprint density at radius 1 is 1.35 bits per heavy atom. The maximum Gasteiger partial charge on any atom is 0.239 e. The zero-order valence-corrected chi connectivity index (χ0v) is 11.9. The normalized spacial score (nSPS) is 20.0. The predicted octanol–water partition coefficient (Wildman–Crippen LogP) is -1.33. The number of nitrogens with one attached hydrogen (secondary N) is 3. The molecule has 2 unspecified atom stereocenters. The van der Waals surface area contributed by atoms with Crippen molar-refractivity contribution in [2.75, 3.05) is 19.6 Å². The average Bonchev–Trinajstić information content (AvgIpc) is 2.45. The molecule has 1 saturated heterocycles. The first-order chi connectivity index (χ1) is 9.54. The Morgan fingerprint density at radius 3 is 2.65 bits per heavy atom. The van der Waals surface area contributed by atoms with Gasteiger partial charge >= 0.3 is 0 Å². The largest absolute Gasteiger partial charge is 0.346 e. The van der Waals surface area contributed by atoms with Crippen LogP contribution in [0.1, 0.15) is 32.6 Å². The molecule has 1 aliphatic rings. The lowest BCUT2D eigenvalue weighted by Gasteiger charge is -2.22. The quantitative estimate of drug-likeness (QED) is 0.462. The van der Waals surface area contributed by atoms with Gasteiger partial charge in [0.05, 0.1) is 18.6 Å². The standard InChI is InChI=1S/C13H24N4O3/c1-9(18)10(5-6-14)17-12(19)8-16-13(20)11-4-2-3-7-15-11/h10-11,15H,2-8,14H2,1H3,(H,16,20)(H,17,19). The lowest BCUT2D eigenvalue weighted by molar-refractivity contribution is -0.129. The predicted molar refractivity (Wildman–Crippen MR) is 74.9 cm³/mol. The number of rotatable bonds is 7. The van der Waals surface area contributed by atoms with Crippen LogP contribution in [0.25, 0.3) is 0 Å². The van der Waals surface area contributed by atoms with Gasteiger partial charge in [-0.2, -0.15) is 0 Å². The molecule has 0 bridgehead atoms. The molecule has 0 aromatic heterocycles. The van der Waals surface area contributed by atoms with Crippen molar-refractivity contribution in [1.29, 1.82) is 0 Å². The fraction of sp³-hybridized carbons (Fsp3) is 0.769. The minimum absolute atomic E-state index is 0.120. The summed E-state index contributed by atoms with van der Waals surface area (Å²) in [4.78, 5) is 34.8. The van der Waals surface area contributed by atoms with Gasteiger partial charge in [-0.15, -0.1) is 0 Å². The van der Waals surface area contributed by atoms with E-state index >= 15 is 0 Å². The Balaban J connectivity index is 2.30. The lowest BCUT2D eigenvalue weighted by atomic mass is 10.0. The van der Waals surface area contributed by atoms with Crippen LogP contribution in [-0.4, -0.2) is 49.3 Å². The maximum absolute atomic E-state index is 11.8. The molecule has 1 aliphatic heterocycles. The Morgan fingerprint density at radius 2 is 2.10 bits per heavy atom. The molecule has 2 amide bonds. The summed E-state index contributed by atoms with van der Waals surface area (Å²) in [5, 5.41) is 8.26. The van der Waals surface area contributed by atoms with Crippen LogP contribution in [0.2, 0.25) is 0 Å². The summed E-state index contributed by atoms with van der Waals surface area (Å²) in [6.07, 6.45) is 3.28. The van der Waals surface area contributed by atoms with Crippen LogP contribution in [-0.2, 0) is 14.4 Å². The van der Waals surface area contributed by atoms with Crippen LogP contribution in [0.5, 0.6) is 0 Å². The number of amides is 2. The third kappa shape index (κ3) is 5.66. The second-order valence-corrected chi connectivity index (χ2v) is 5.03. The summed E-state index contributed by atoms with van der Waals surface area (Å²) >= 11 is 0. The lowest BCUT2D eigenvalue weighted by Crippen LogP contribution is -2.50. The van der Waals surface area contributed by atoms with E-state index in [9.17, 15) is 14.4 Å². The summed E-state index contributed by atoms with van der Waals surface area (Å²) < 4.78 is 0. The fourth-order valence-corrected chi connectivity index (χ4v) is 2.16. The molecule has 0 aliphatic carbocycles. The summed E-state index contributed by atoms with van der Waals surface area (Å²) in [5.41, 5.74) is 5.38. The first-order valence-corrected chi connectivity index (χ1v) is 7.05. The van der Waals surface area contributed by atoms with Gasteiger partial charge in [-0.3, -0.25) is 14.4 Å². The van der Waals surface area contributed by atoms with Gasteiger partial charge in [-0.05, 0) is 39.3 Å². The highest BCUT2D eigenvalue weighted by Gasteiger charge is 2.21. The molecule has 7 nitrogen and oxygen atoms in total. The van der Waals surface area contributed by atoms with E-state index in [-0.39, 0.29) is 30.2 Å². The van der Waals surface area contributed by atoms with Crippen LogP contribution in [0.3, 0.4) is 0 Å². The van der Waals surface area contributed by atoms with E-state index in [4.69, 9.17) is 5.73 Å². The van der Waals surface area contributed by atoms with Gasteiger partial charge in [-0.1, -0.05) is 6.42 Å². The van der Waals surface area contributed by atoms with E-state index in [1.165, 1.54) is 6.92 Å². The molecule has 1 rings (SSSR count). The number of ketones is 1. The molecule has 1 fully saturated rings. The van der Waals surface area contributed by atoms with Crippen molar-refractivity contribution in [2.45, 2.75) is 44.7 Å². The van der Waals surface area contributed by atoms with Crippen LogP contribution >= 0.6 is 0 Å². The highest BCUT2D eigenvalue weighted by atomic mass is 16.2. The minimum atomic E-state index is -0.572. The third-order valence-electron chi connectivity index (χ3n) is 3.33. The van der Waals surface area contributed by atoms with Crippen molar-refractivity contribution in [3.8, 4) is 0 Å². The van der Waals surface area contributed by atoms with E-state index in [0.717, 1.165) is 25.8 Å². The molecule has 7 heteroatoms. The van der Waals surface area contributed by atoms with Crippen molar-refractivity contribution in [3.63, 3.8) is 0 Å². The molecular formula is C13H24N4O3. The number of piperidine rings is 1. The van der Waals surface area contributed by atoms with Gasteiger partial charge in [0.15, 0.2) is 5.78 Å². The van der Waals surface area contributed by atoms with Crippen molar-refractivity contribution in [3.05, 3.63) is 0 Å². The average molecular weight is 284 g/mol. The number of hydrogen-bond acceptors (Lipinski definition) is 5. The van der Waals surface area contributed by atoms with Crippen molar-refractivity contribution >= 4 is 17.6 Å². The van der Waals surface area contributed by atoms with Crippen LogP contribution < -0.4 is 21.7 Å². The Hall–Kier alpha value is -1.47. The van der Waals surface area contributed by atoms with E-state index in [0.29, 0.717) is 13.0 Å². The van der Waals surface area contributed by atoms with Gasteiger partial charge < -0.3 is 21.7 Å². The Labute approximate surface area is 119 Å². The van der Waals surface area contributed by atoms with Gasteiger partial charge in [0.25, 0.3) is 0 Å². The Bertz CT molecular complexity index is 354. The van der Waals surface area contributed by atoms with Crippen molar-refractivity contribution in [1.82, 2.24) is 16.0 Å². The summed E-state index contributed by atoms with van der Waals surface area (Å²) in [7, 11) is 0. The van der Waals surface area contributed by atoms with Crippen LogP contribution in [0.4, 0.5) is 0 Å². The number of Topliss-reactive ketones (excluding diaryl/α,β-unsaturated/α-hetero) is 1. The highest BCUT2D eigenvalue weighted by molar-refractivity contribution is 5.91. The number of hydrogen-bond donors (Lipinski definition) is 4. The Kier molecular flexibility index (Phi) is 7.17. The molecule has 0 radical (unpaired) electrons. The molecule has 0 aromatic carbocycles. The zero-order chi connectivity index (χ0) is 15.0. The minimum Gasteiger partial charge on any atom is -0.346 e. The SMILES string of the molecule is CC(=O)C(CCN)NC(=O)CNC(=O)C1CCCCN1. The summed E-state index contributed by atoms with van der Waals surface area (Å²) in [6.45, 7) is 2.44. The first kappa shape index (κ1) is 16.6. The summed E-state index contributed by atoms with van der Waals surface area (Å²) in [6, 6.07) is -0.790. The smallest absolute Gasteiger partial charge is 0.239 e. The van der Waals surface area contributed by atoms with Gasteiger partial charge in [0.2, 0.25) is 11.8 Å². The van der Waals surface area contributed by atoms with Crippen molar-refractivity contribution in [2.24, 2.45) is 5.73 Å². The number of carbonyl (C=O) groups excluding carboxylic acids is 3. The van der Waals surface area contributed by atoms with Crippen molar-refractivity contribution < 1.29 is 14.4 Å². The molecule has 2 atom stereocenters. The molecule has 114 valence electrons. The first-order valence-electron chi connectivity index (χ1n) is 7.05. The van der Waals surface area contributed by atoms with Crippen LogP contribution in [0, 0.1) is 0 Å². The van der Waals surface area contributed by atoms with E-state index in [1.807, 2.05) is 0 Å². The highest BCUT2D eigenvalue weighted by Crippen LogP contribution is 2.06. The molecule has 1 heterocycles. The number of nitrogens with two attached hydrogens (primary N) is 1. The molecule has 5 N–H and O–H groups in total.